The van der Waals surface area contributed by atoms with Gasteiger partial charge in [0.15, 0.2) is 5.96 Å². The molecule has 2 aliphatic rings. The number of hydrogen-bond acceptors (Lipinski definition) is 7. The largest absolute Gasteiger partial charge is 0.496 e. The van der Waals surface area contributed by atoms with Crippen LogP contribution in [0.4, 0.5) is 0 Å². The fourth-order valence-electron chi connectivity index (χ4n) is 4.06. The normalized spacial score (nSPS) is 16.9. The first-order valence-electron chi connectivity index (χ1n) is 10.0. The lowest BCUT2D eigenvalue weighted by Crippen LogP contribution is -2.35. The fourth-order valence-corrected chi connectivity index (χ4v) is 4.06. The average molecular weight is 454 g/mol. The molecule has 1 aromatic heterocycles. The molecule has 166 valence electrons. The van der Waals surface area contributed by atoms with Gasteiger partial charge in [0.25, 0.3) is 0 Å². The van der Waals surface area contributed by atoms with Crippen molar-refractivity contribution in [2.75, 3.05) is 20.8 Å². The van der Waals surface area contributed by atoms with E-state index >= 15 is 0 Å². The molecule has 0 amide bonds. The van der Waals surface area contributed by atoms with Crippen molar-refractivity contribution in [3.63, 3.8) is 0 Å². The average Bonchev–Trinajstić information content (AvgIpc) is 3.27. The molecule has 0 bridgehead atoms. The fraction of sp³-hybridized carbons (Fsp3) is 0.217. The number of fused-ring (bicyclic) bond motifs is 2. The molecule has 1 unspecified atom stereocenters. The highest BCUT2D eigenvalue weighted by Crippen LogP contribution is 2.45. The molecule has 3 heterocycles. The predicted octanol–water partition coefficient (Wildman–Crippen LogP) is 3.46. The lowest BCUT2D eigenvalue weighted by molar-refractivity contribution is 0.315. The second kappa shape index (κ2) is 8.84. The van der Waals surface area contributed by atoms with Gasteiger partial charge in [0.1, 0.15) is 23.3 Å². The van der Waals surface area contributed by atoms with Crippen LogP contribution in [-0.2, 0) is 0 Å². The van der Waals surface area contributed by atoms with Crippen LogP contribution >= 0.6 is 12.4 Å². The number of methoxy groups -OCH3 is 2. The number of guanidine groups is 1. The van der Waals surface area contributed by atoms with Crippen molar-refractivity contribution in [2.24, 2.45) is 10.7 Å². The second-order valence-electron chi connectivity index (χ2n) is 7.29. The SMILES string of the molecule is COc1cc(OC)c2c(c1)OCCC1=C2NC(N)=NC1c1ccc(-n2cccn2)cc1.Cl. The van der Waals surface area contributed by atoms with Crippen molar-refractivity contribution in [1.82, 2.24) is 15.1 Å². The van der Waals surface area contributed by atoms with Gasteiger partial charge in [-0.2, -0.15) is 5.10 Å². The molecule has 0 saturated carbocycles. The van der Waals surface area contributed by atoms with E-state index in [-0.39, 0.29) is 18.4 Å². The van der Waals surface area contributed by atoms with Crippen molar-refractivity contribution in [1.29, 1.82) is 0 Å². The number of benzene rings is 2. The predicted molar refractivity (Wildman–Crippen MR) is 125 cm³/mol. The molecule has 2 aliphatic heterocycles. The summed E-state index contributed by atoms with van der Waals surface area (Å²) in [6.45, 7) is 0.515. The second-order valence-corrected chi connectivity index (χ2v) is 7.29. The molecular weight excluding hydrogens is 430 g/mol. The van der Waals surface area contributed by atoms with E-state index in [1.807, 2.05) is 41.2 Å². The molecule has 9 heteroatoms. The summed E-state index contributed by atoms with van der Waals surface area (Å²) in [7, 11) is 3.25. The maximum absolute atomic E-state index is 6.22. The molecule has 0 radical (unpaired) electrons. The first kappa shape index (κ1) is 21.6. The monoisotopic (exact) mass is 453 g/mol. The first-order chi connectivity index (χ1) is 15.2. The van der Waals surface area contributed by atoms with Gasteiger partial charge in [0.2, 0.25) is 0 Å². The highest BCUT2D eigenvalue weighted by atomic mass is 35.5. The number of nitrogens with two attached hydrogens (primary N) is 1. The van der Waals surface area contributed by atoms with Gasteiger partial charge >= 0.3 is 0 Å². The van der Waals surface area contributed by atoms with Gasteiger partial charge in [-0.3, -0.25) is 0 Å². The summed E-state index contributed by atoms with van der Waals surface area (Å²) in [5.74, 6) is 2.36. The van der Waals surface area contributed by atoms with Gasteiger partial charge in [0, 0.05) is 30.9 Å². The Labute approximate surface area is 192 Å². The summed E-state index contributed by atoms with van der Waals surface area (Å²) >= 11 is 0. The van der Waals surface area contributed by atoms with Gasteiger partial charge in [0.05, 0.1) is 37.8 Å². The van der Waals surface area contributed by atoms with Crippen LogP contribution in [0.3, 0.4) is 0 Å². The minimum Gasteiger partial charge on any atom is -0.496 e. The maximum atomic E-state index is 6.22. The number of nitrogens with zero attached hydrogens (tertiary/aromatic N) is 3. The molecule has 0 aliphatic carbocycles. The summed E-state index contributed by atoms with van der Waals surface area (Å²) in [6.07, 6.45) is 4.37. The first-order valence-corrected chi connectivity index (χ1v) is 10.0. The van der Waals surface area contributed by atoms with Crippen molar-refractivity contribution in [3.05, 3.63) is 71.6 Å². The van der Waals surface area contributed by atoms with Crippen LogP contribution in [0, 0.1) is 0 Å². The van der Waals surface area contributed by atoms with E-state index in [4.69, 9.17) is 24.9 Å². The zero-order chi connectivity index (χ0) is 21.4. The standard InChI is InChI=1S/C23H23N5O3.ClH/c1-29-16-12-18(30-2)20-19(13-16)31-11-8-17-21(26-23(24)27-22(17)20)14-4-6-15(7-5-14)28-10-3-9-25-28;/h3-7,9-10,12-13,21H,8,11H2,1-2H3,(H3,24,26,27);1H. The number of rotatable bonds is 4. The van der Waals surface area contributed by atoms with Crippen LogP contribution in [0.5, 0.6) is 17.2 Å². The van der Waals surface area contributed by atoms with Crippen LogP contribution in [0.2, 0.25) is 0 Å². The molecule has 1 atom stereocenters. The quantitative estimate of drug-likeness (QED) is 0.628. The van der Waals surface area contributed by atoms with Crippen LogP contribution in [-0.4, -0.2) is 36.6 Å². The third-order valence-electron chi connectivity index (χ3n) is 5.52. The molecule has 0 saturated heterocycles. The van der Waals surface area contributed by atoms with E-state index < -0.39 is 0 Å². The summed E-state index contributed by atoms with van der Waals surface area (Å²) < 4.78 is 19.0. The summed E-state index contributed by atoms with van der Waals surface area (Å²) in [5.41, 5.74) is 11.0. The molecular formula is C23H24ClN5O3. The van der Waals surface area contributed by atoms with Gasteiger partial charge in [-0.15, -0.1) is 12.4 Å². The van der Waals surface area contributed by atoms with E-state index in [2.05, 4.69) is 22.5 Å². The Bertz CT molecular complexity index is 1170. The minimum absolute atomic E-state index is 0. The Morgan fingerprint density at radius 1 is 1.16 bits per heavy atom. The summed E-state index contributed by atoms with van der Waals surface area (Å²) in [4.78, 5) is 4.72. The third-order valence-corrected chi connectivity index (χ3v) is 5.52. The zero-order valence-electron chi connectivity index (χ0n) is 17.7. The Balaban J connectivity index is 0.00000245. The maximum Gasteiger partial charge on any atom is 0.194 e. The zero-order valence-corrected chi connectivity index (χ0v) is 18.6. The van der Waals surface area contributed by atoms with E-state index in [1.165, 1.54) is 0 Å². The van der Waals surface area contributed by atoms with E-state index in [1.54, 1.807) is 20.4 Å². The Hall–Kier alpha value is -3.65. The molecule has 0 fully saturated rings. The summed E-state index contributed by atoms with van der Waals surface area (Å²) in [6, 6.07) is 13.6. The topological polar surface area (TPSA) is 95.9 Å². The smallest absolute Gasteiger partial charge is 0.194 e. The van der Waals surface area contributed by atoms with Gasteiger partial charge in [-0.25, -0.2) is 9.67 Å². The highest BCUT2D eigenvalue weighted by Gasteiger charge is 2.31. The van der Waals surface area contributed by atoms with Crippen LogP contribution in [0.25, 0.3) is 11.4 Å². The minimum atomic E-state index is -0.218. The van der Waals surface area contributed by atoms with Crippen LogP contribution in [0.1, 0.15) is 23.6 Å². The van der Waals surface area contributed by atoms with E-state index in [9.17, 15) is 0 Å². The van der Waals surface area contributed by atoms with Gasteiger partial charge in [-0.1, -0.05) is 12.1 Å². The number of aromatic nitrogens is 2. The third kappa shape index (κ3) is 3.73. The number of hydrogen-bond donors (Lipinski definition) is 2. The van der Waals surface area contributed by atoms with E-state index in [0.717, 1.165) is 28.1 Å². The van der Waals surface area contributed by atoms with Crippen molar-refractivity contribution < 1.29 is 14.2 Å². The number of halogens is 1. The Morgan fingerprint density at radius 3 is 2.66 bits per heavy atom. The molecule has 3 N–H and O–H groups in total. The number of ether oxygens (including phenoxy) is 3. The van der Waals surface area contributed by atoms with Crippen LogP contribution in [0.15, 0.2) is 65.4 Å². The molecule has 0 spiro atoms. The molecule has 32 heavy (non-hydrogen) atoms. The Kier molecular flexibility index (Phi) is 5.96. The Morgan fingerprint density at radius 2 is 1.97 bits per heavy atom. The molecule has 2 aromatic carbocycles. The lowest BCUT2D eigenvalue weighted by Gasteiger charge is -2.27. The molecule has 3 aromatic rings. The molecule has 8 nitrogen and oxygen atoms in total. The lowest BCUT2D eigenvalue weighted by atomic mass is 9.91. The number of nitrogens with one attached hydrogen (secondary N) is 1. The van der Waals surface area contributed by atoms with Crippen molar-refractivity contribution in [3.8, 4) is 22.9 Å². The van der Waals surface area contributed by atoms with Crippen molar-refractivity contribution in [2.45, 2.75) is 12.5 Å². The van der Waals surface area contributed by atoms with Crippen molar-refractivity contribution >= 4 is 24.1 Å². The summed E-state index contributed by atoms with van der Waals surface area (Å²) in [5, 5.41) is 7.54. The van der Waals surface area contributed by atoms with Crippen LogP contribution < -0.4 is 25.3 Å². The molecule has 5 rings (SSSR count). The van der Waals surface area contributed by atoms with E-state index in [0.29, 0.717) is 36.2 Å². The van der Waals surface area contributed by atoms with Gasteiger partial charge < -0.3 is 25.3 Å². The number of aliphatic imine (C=N–C) groups is 1. The highest BCUT2D eigenvalue weighted by molar-refractivity contribution is 5.94. The van der Waals surface area contributed by atoms with Gasteiger partial charge in [-0.05, 0) is 29.3 Å².